The summed E-state index contributed by atoms with van der Waals surface area (Å²) in [7, 11) is 0. The molecule has 1 aromatic carbocycles. The molecular formula is C10H12O2S2. The van der Waals surface area contributed by atoms with Gasteiger partial charge in [-0.1, -0.05) is 12.1 Å². The second-order valence-electron chi connectivity index (χ2n) is 2.73. The van der Waals surface area contributed by atoms with E-state index in [1.165, 1.54) is 11.8 Å². The first kappa shape index (κ1) is 11.5. The summed E-state index contributed by atoms with van der Waals surface area (Å²) >= 11 is 2.99. The summed E-state index contributed by atoms with van der Waals surface area (Å²) in [4.78, 5) is 12.0. The van der Waals surface area contributed by atoms with Gasteiger partial charge in [-0.05, 0) is 30.2 Å². The van der Waals surface area contributed by atoms with Gasteiger partial charge < -0.3 is 5.11 Å². The Morgan fingerprint density at radius 1 is 1.29 bits per heavy atom. The average molecular weight is 228 g/mol. The maximum atomic E-state index is 10.9. The number of carboxylic acid groups (broad SMARTS) is 1. The molecule has 0 aliphatic carbocycles. The Labute approximate surface area is 92.1 Å². The molecule has 1 rings (SSSR count). The predicted octanol–water partition coefficient (Wildman–Crippen LogP) is 2.90. The number of carboxylic acids is 1. The van der Waals surface area contributed by atoms with Crippen molar-refractivity contribution in [2.45, 2.75) is 10.1 Å². The van der Waals surface area contributed by atoms with Gasteiger partial charge in [0.15, 0.2) is 0 Å². The van der Waals surface area contributed by atoms with Crippen LogP contribution in [-0.2, 0) is 4.79 Å². The van der Waals surface area contributed by atoms with Crippen LogP contribution in [0.5, 0.6) is 0 Å². The van der Waals surface area contributed by atoms with Crippen LogP contribution in [0.2, 0.25) is 0 Å². The van der Waals surface area contributed by atoms with Gasteiger partial charge in [0.05, 0.1) is 0 Å². The summed E-state index contributed by atoms with van der Waals surface area (Å²) in [6.07, 6.45) is 3.81. The summed E-state index contributed by atoms with van der Waals surface area (Å²) in [6.45, 7) is 0. The molecule has 1 N–H and O–H groups in total. The zero-order valence-corrected chi connectivity index (χ0v) is 9.69. The van der Waals surface area contributed by atoms with E-state index in [0.717, 1.165) is 10.5 Å². The Hall–Kier alpha value is -0.610. The van der Waals surface area contributed by atoms with Crippen LogP contribution in [-0.4, -0.2) is 23.6 Å². The third-order valence-corrected chi connectivity index (χ3v) is 3.57. The van der Waals surface area contributed by atoms with Crippen molar-refractivity contribution in [3.05, 3.63) is 29.8 Å². The topological polar surface area (TPSA) is 37.3 Å². The zero-order chi connectivity index (χ0) is 10.6. The van der Waals surface area contributed by atoms with Gasteiger partial charge in [-0.3, -0.25) is 4.79 Å². The second kappa shape index (κ2) is 5.32. The van der Waals surface area contributed by atoms with E-state index in [1.54, 1.807) is 18.0 Å². The molecule has 76 valence electrons. The van der Waals surface area contributed by atoms with E-state index in [-0.39, 0.29) is 0 Å². The van der Waals surface area contributed by atoms with Crippen molar-refractivity contribution in [1.82, 2.24) is 0 Å². The monoisotopic (exact) mass is 228 g/mol. The molecule has 0 aliphatic heterocycles. The maximum absolute atomic E-state index is 10.9. The van der Waals surface area contributed by atoms with E-state index in [4.69, 9.17) is 5.11 Å². The van der Waals surface area contributed by atoms with Crippen molar-refractivity contribution < 1.29 is 9.90 Å². The second-order valence-corrected chi connectivity index (χ2v) is 4.55. The fourth-order valence-corrected chi connectivity index (χ4v) is 2.20. The number of rotatable bonds is 4. The van der Waals surface area contributed by atoms with Crippen LogP contribution in [0, 0.1) is 0 Å². The largest absolute Gasteiger partial charge is 0.480 e. The van der Waals surface area contributed by atoms with Gasteiger partial charge in [-0.25, -0.2) is 0 Å². The van der Waals surface area contributed by atoms with Gasteiger partial charge in [-0.15, -0.1) is 23.5 Å². The minimum absolute atomic E-state index is 0.453. The Morgan fingerprint density at radius 2 is 1.86 bits per heavy atom. The molecule has 0 aliphatic rings. The minimum atomic E-state index is -0.783. The van der Waals surface area contributed by atoms with Gasteiger partial charge in [-0.2, -0.15) is 0 Å². The molecule has 0 heterocycles. The highest BCUT2D eigenvalue weighted by Gasteiger charge is 2.17. The number of hydrogen-bond donors (Lipinski definition) is 1. The average Bonchev–Trinajstić information content (AvgIpc) is 2.19. The van der Waals surface area contributed by atoms with Gasteiger partial charge >= 0.3 is 5.97 Å². The molecule has 1 aromatic rings. The summed E-state index contributed by atoms with van der Waals surface area (Å²) in [5, 5.41) is 8.47. The van der Waals surface area contributed by atoms with Crippen LogP contribution in [0.1, 0.15) is 10.8 Å². The van der Waals surface area contributed by atoms with Crippen LogP contribution in [0.25, 0.3) is 0 Å². The van der Waals surface area contributed by atoms with E-state index >= 15 is 0 Å². The third-order valence-electron chi connectivity index (χ3n) is 1.88. The minimum Gasteiger partial charge on any atom is -0.480 e. The van der Waals surface area contributed by atoms with Crippen molar-refractivity contribution in [3.63, 3.8) is 0 Å². The van der Waals surface area contributed by atoms with Crippen LogP contribution >= 0.6 is 23.5 Å². The Balaban J connectivity index is 2.89. The molecular weight excluding hydrogens is 216 g/mol. The summed E-state index contributed by atoms with van der Waals surface area (Å²) < 4.78 is 0. The Morgan fingerprint density at radius 3 is 2.21 bits per heavy atom. The lowest BCUT2D eigenvalue weighted by Gasteiger charge is -2.09. The molecule has 0 saturated carbocycles. The van der Waals surface area contributed by atoms with Crippen LogP contribution in [0.4, 0.5) is 0 Å². The van der Waals surface area contributed by atoms with Gasteiger partial charge in [0.1, 0.15) is 5.25 Å². The summed E-state index contributed by atoms with van der Waals surface area (Å²) in [5.74, 6) is -0.783. The van der Waals surface area contributed by atoms with E-state index in [2.05, 4.69) is 0 Å². The van der Waals surface area contributed by atoms with Gasteiger partial charge in [0.25, 0.3) is 0 Å². The van der Waals surface area contributed by atoms with Gasteiger partial charge in [0.2, 0.25) is 0 Å². The number of benzene rings is 1. The first-order chi connectivity index (χ1) is 6.69. The predicted molar refractivity (Wildman–Crippen MR) is 62.1 cm³/mol. The SMILES string of the molecule is CSc1ccc(C(SC)C(=O)O)cc1. The fraction of sp³-hybridized carbons (Fsp3) is 0.300. The maximum Gasteiger partial charge on any atom is 0.321 e. The molecule has 0 radical (unpaired) electrons. The van der Waals surface area contributed by atoms with Crippen LogP contribution in [0.3, 0.4) is 0 Å². The first-order valence-corrected chi connectivity index (χ1v) is 6.60. The Kier molecular flexibility index (Phi) is 4.35. The molecule has 2 nitrogen and oxygen atoms in total. The number of carbonyl (C=O) groups is 1. The van der Waals surface area contributed by atoms with Crippen molar-refractivity contribution in [2.75, 3.05) is 12.5 Å². The molecule has 14 heavy (non-hydrogen) atoms. The van der Waals surface area contributed by atoms with Crippen molar-refractivity contribution in [1.29, 1.82) is 0 Å². The highest BCUT2D eigenvalue weighted by molar-refractivity contribution is 7.99. The lowest BCUT2D eigenvalue weighted by Crippen LogP contribution is -2.07. The van der Waals surface area contributed by atoms with E-state index in [0.29, 0.717) is 0 Å². The van der Waals surface area contributed by atoms with E-state index in [1.807, 2.05) is 30.5 Å². The van der Waals surface area contributed by atoms with Crippen LogP contribution < -0.4 is 0 Å². The smallest absolute Gasteiger partial charge is 0.321 e. The fourth-order valence-electron chi connectivity index (χ4n) is 1.16. The first-order valence-electron chi connectivity index (χ1n) is 4.08. The van der Waals surface area contributed by atoms with Crippen molar-refractivity contribution in [3.8, 4) is 0 Å². The molecule has 1 atom stereocenters. The molecule has 0 bridgehead atoms. The molecule has 0 amide bonds. The van der Waals surface area contributed by atoms with Gasteiger partial charge in [0, 0.05) is 4.90 Å². The zero-order valence-electron chi connectivity index (χ0n) is 8.06. The molecule has 0 fully saturated rings. The van der Waals surface area contributed by atoms with E-state index in [9.17, 15) is 4.79 Å². The Bertz CT molecular complexity index is 308. The number of hydrogen-bond acceptors (Lipinski definition) is 3. The molecule has 0 aromatic heterocycles. The standard InChI is InChI=1S/C10H12O2S2/c1-13-8-5-3-7(4-6-8)9(14-2)10(11)12/h3-6,9H,1-2H3,(H,11,12). The number of aliphatic carboxylic acids is 1. The summed E-state index contributed by atoms with van der Waals surface area (Å²) in [6, 6.07) is 7.65. The molecule has 0 spiro atoms. The highest BCUT2D eigenvalue weighted by atomic mass is 32.2. The third kappa shape index (κ3) is 2.69. The lowest BCUT2D eigenvalue weighted by atomic mass is 10.1. The molecule has 1 unspecified atom stereocenters. The van der Waals surface area contributed by atoms with E-state index < -0.39 is 11.2 Å². The van der Waals surface area contributed by atoms with Crippen LogP contribution in [0.15, 0.2) is 29.2 Å². The number of thioether (sulfide) groups is 2. The normalized spacial score (nSPS) is 12.4. The highest BCUT2D eigenvalue weighted by Crippen LogP contribution is 2.28. The van der Waals surface area contributed by atoms with Crippen molar-refractivity contribution >= 4 is 29.5 Å². The quantitative estimate of drug-likeness (QED) is 0.804. The lowest BCUT2D eigenvalue weighted by molar-refractivity contribution is -0.136. The molecule has 0 saturated heterocycles. The molecule has 4 heteroatoms. The van der Waals surface area contributed by atoms with Crippen molar-refractivity contribution in [2.24, 2.45) is 0 Å². The summed E-state index contributed by atoms with van der Waals surface area (Å²) in [5.41, 5.74) is 0.850.